The van der Waals surface area contributed by atoms with E-state index in [-0.39, 0.29) is 0 Å². The average Bonchev–Trinajstić information content (AvgIpc) is 2.81. The van der Waals surface area contributed by atoms with Gasteiger partial charge in [-0.3, -0.25) is 9.59 Å². The number of anilines is 1. The van der Waals surface area contributed by atoms with Crippen LogP contribution in [0.2, 0.25) is 0 Å². The number of primary amides is 1. The lowest BCUT2D eigenvalue weighted by Crippen LogP contribution is -2.48. The molecule has 0 aromatic heterocycles. The average molecular weight is 277 g/mol. The molecule has 7 nitrogen and oxygen atoms in total. The van der Waals surface area contributed by atoms with Crippen LogP contribution in [0.5, 0.6) is 0 Å². The molecule has 5 N–H and O–H groups in total. The molecule has 1 aliphatic heterocycles. The van der Waals surface area contributed by atoms with Gasteiger partial charge in [-0.15, -0.1) is 0 Å². The lowest BCUT2D eigenvalue weighted by molar-refractivity contribution is -0.143. The van der Waals surface area contributed by atoms with Gasteiger partial charge in [-0.25, -0.2) is 4.79 Å². The molecule has 0 radical (unpaired) electrons. The number of hydrogen-bond donors (Lipinski definition) is 4. The standard InChI is InChI=1S/C13H15N3O4/c14-11(17)6-10(13(19)20)16-12(18)9-5-7-3-1-2-4-8(7)15-9/h1-4,9-10,15H,5-6H2,(H2,14,17)(H,16,18)(H,19,20)/t9-,10+/m0/s1. The Morgan fingerprint density at radius 2 is 2.10 bits per heavy atom. The van der Waals surface area contributed by atoms with E-state index in [1.165, 1.54) is 0 Å². The molecule has 20 heavy (non-hydrogen) atoms. The fourth-order valence-electron chi connectivity index (χ4n) is 2.13. The monoisotopic (exact) mass is 277 g/mol. The van der Waals surface area contributed by atoms with Crippen molar-refractivity contribution in [1.29, 1.82) is 0 Å². The quantitative estimate of drug-likeness (QED) is 0.576. The van der Waals surface area contributed by atoms with Crippen molar-refractivity contribution >= 4 is 23.5 Å². The normalized spacial score (nSPS) is 17.7. The van der Waals surface area contributed by atoms with Crippen LogP contribution in [0.4, 0.5) is 5.69 Å². The molecular formula is C13H15N3O4. The fraction of sp³-hybridized carbons (Fsp3) is 0.308. The Morgan fingerprint density at radius 3 is 2.70 bits per heavy atom. The largest absolute Gasteiger partial charge is 0.480 e. The summed E-state index contributed by atoms with van der Waals surface area (Å²) in [5, 5.41) is 14.3. The van der Waals surface area contributed by atoms with Crippen molar-refractivity contribution in [3.05, 3.63) is 29.8 Å². The van der Waals surface area contributed by atoms with Gasteiger partial charge in [0.2, 0.25) is 11.8 Å². The van der Waals surface area contributed by atoms with E-state index in [4.69, 9.17) is 10.8 Å². The first kappa shape index (κ1) is 13.9. The van der Waals surface area contributed by atoms with Gasteiger partial charge in [0.25, 0.3) is 0 Å². The zero-order valence-corrected chi connectivity index (χ0v) is 10.6. The maximum Gasteiger partial charge on any atom is 0.326 e. The van der Waals surface area contributed by atoms with Crippen molar-refractivity contribution in [1.82, 2.24) is 5.32 Å². The Morgan fingerprint density at radius 1 is 1.40 bits per heavy atom. The minimum atomic E-state index is -1.30. The molecular weight excluding hydrogens is 262 g/mol. The molecule has 0 aliphatic carbocycles. The van der Waals surface area contributed by atoms with Crippen LogP contribution in [0.1, 0.15) is 12.0 Å². The van der Waals surface area contributed by atoms with E-state index >= 15 is 0 Å². The van der Waals surface area contributed by atoms with Gasteiger partial charge in [-0.1, -0.05) is 18.2 Å². The summed E-state index contributed by atoms with van der Waals surface area (Å²) in [5.74, 6) is -2.53. The number of benzene rings is 1. The van der Waals surface area contributed by atoms with E-state index in [9.17, 15) is 14.4 Å². The summed E-state index contributed by atoms with van der Waals surface area (Å²) in [6.07, 6.45) is 0.0473. The summed E-state index contributed by atoms with van der Waals surface area (Å²) in [7, 11) is 0. The van der Waals surface area contributed by atoms with Gasteiger partial charge in [0.1, 0.15) is 12.1 Å². The number of carboxylic acids is 1. The number of aliphatic carboxylic acids is 1. The van der Waals surface area contributed by atoms with Gasteiger partial charge in [-0.2, -0.15) is 0 Å². The van der Waals surface area contributed by atoms with E-state index in [1.54, 1.807) is 0 Å². The number of amides is 2. The first-order chi connectivity index (χ1) is 9.47. The second-order valence-corrected chi connectivity index (χ2v) is 4.63. The summed E-state index contributed by atoms with van der Waals surface area (Å²) in [6, 6.07) is 5.62. The molecule has 1 heterocycles. The van der Waals surface area contributed by atoms with Crippen LogP contribution in [0.15, 0.2) is 24.3 Å². The van der Waals surface area contributed by atoms with Gasteiger partial charge in [0.15, 0.2) is 0 Å². The van der Waals surface area contributed by atoms with Crippen molar-refractivity contribution in [3.8, 4) is 0 Å². The number of rotatable bonds is 5. The molecule has 1 aliphatic rings. The van der Waals surface area contributed by atoms with Gasteiger partial charge >= 0.3 is 5.97 Å². The zero-order valence-electron chi connectivity index (χ0n) is 10.6. The molecule has 0 fully saturated rings. The van der Waals surface area contributed by atoms with Gasteiger partial charge in [0.05, 0.1) is 6.42 Å². The molecule has 106 valence electrons. The smallest absolute Gasteiger partial charge is 0.326 e. The van der Waals surface area contributed by atoms with E-state index in [2.05, 4.69) is 10.6 Å². The third-order valence-electron chi connectivity index (χ3n) is 3.11. The number of fused-ring (bicyclic) bond motifs is 1. The molecule has 7 heteroatoms. The Bertz CT molecular complexity index is 533. The van der Waals surface area contributed by atoms with Crippen molar-refractivity contribution in [3.63, 3.8) is 0 Å². The molecule has 0 bridgehead atoms. The van der Waals surface area contributed by atoms with Gasteiger partial charge in [-0.05, 0) is 11.6 Å². The summed E-state index contributed by atoms with van der Waals surface area (Å²) in [5.41, 5.74) is 6.81. The molecule has 1 aromatic carbocycles. The van der Waals surface area contributed by atoms with E-state index in [0.29, 0.717) is 6.42 Å². The third-order valence-corrected chi connectivity index (χ3v) is 3.11. The number of carbonyl (C=O) groups excluding carboxylic acids is 2. The van der Waals surface area contributed by atoms with Crippen LogP contribution in [0.3, 0.4) is 0 Å². The van der Waals surface area contributed by atoms with E-state index in [1.807, 2.05) is 24.3 Å². The topological polar surface area (TPSA) is 122 Å². The first-order valence-electron chi connectivity index (χ1n) is 6.13. The van der Waals surface area contributed by atoms with Crippen molar-refractivity contribution in [2.75, 3.05) is 5.32 Å². The van der Waals surface area contributed by atoms with Crippen LogP contribution in [-0.2, 0) is 20.8 Å². The second-order valence-electron chi connectivity index (χ2n) is 4.63. The summed E-state index contributed by atoms with van der Waals surface area (Å²) in [6.45, 7) is 0. The molecule has 2 rings (SSSR count). The number of hydrogen-bond acceptors (Lipinski definition) is 4. The number of carbonyl (C=O) groups is 3. The minimum Gasteiger partial charge on any atom is -0.480 e. The zero-order chi connectivity index (χ0) is 14.7. The van der Waals surface area contributed by atoms with Gasteiger partial charge < -0.3 is 21.5 Å². The predicted octanol–water partition coefficient (Wildman–Crippen LogP) is -0.532. The maximum atomic E-state index is 12.0. The number of nitrogens with two attached hydrogens (primary N) is 1. The maximum absolute atomic E-state index is 12.0. The van der Waals surface area contributed by atoms with Crippen molar-refractivity contribution < 1.29 is 19.5 Å². The van der Waals surface area contributed by atoms with Crippen LogP contribution in [0, 0.1) is 0 Å². The molecule has 2 atom stereocenters. The predicted molar refractivity (Wildman–Crippen MR) is 70.9 cm³/mol. The number of para-hydroxylation sites is 1. The highest BCUT2D eigenvalue weighted by Gasteiger charge is 2.30. The molecule has 0 spiro atoms. The number of carboxylic acid groups (broad SMARTS) is 1. The van der Waals surface area contributed by atoms with Crippen molar-refractivity contribution in [2.24, 2.45) is 5.73 Å². The Kier molecular flexibility index (Phi) is 3.88. The Hall–Kier alpha value is -2.57. The molecule has 0 unspecified atom stereocenters. The van der Waals surface area contributed by atoms with Crippen LogP contribution >= 0.6 is 0 Å². The second kappa shape index (κ2) is 5.60. The lowest BCUT2D eigenvalue weighted by atomic mass is 10.1. The molecule has 0 saturated heterocycles. The van der Waals surface area contributed by atoms with Crippen LogP contribution < -0.4 is 16.4 Å². The molecule has 1 aromatic rings. The lowest BCUT2D eigenvalue weighted by Gasteiger charge is -2.16. The van der Waals surface area contributed by atoms with Crippen LogP contribution in [0.25, 0.3) is 0 Å². The van der Waals surface area contributed by atoms with Gasteiger partial charge in [0, 0.05) is 12.1 Å². The highest BCUT2D eigenvalue weighted by molar-refractivity contribution is 5.92. The van der Waals surface area contributed by atoms with E-state index in [0.717, 1.165) is 11.3 Å². The highest BCUT2D eigenvalue weighted by atomic mass is 16.4. The SMILES string of the molecule is NC(=O)C[C@@H](NC(=O)[C@@H]1Cc2ccccc2N1)C(=O)O. The Balaban J connectivity index is 1.99. The summed E-state index contributed by atoms with van der Waals surface area (Å²) >= 11 is 0. The molecule has 0 saturated carbocycles. The summed E-state index contributed by atoms with van der Waals surface area (Å²) in [4.78, 5) is 33.8. The highest BCUT2D eigenvalue weighted by Crippen LogP contribution is 2.25. The Labute approximate surface area is 115 Å². The third kappa shape index (κ3) is 3.05. The molecule has 2 amide bonds. The number of nitrogens with one attached hydrogen (secondary N) is 2. The fourth-order valence-corrected chi connectivity index (χ4v) is 2.13. The van der Waals surface area contributed by atoms with E-state index < -0.39 is 36.3 Å². The minimum absolute atomic E-state index is 0.430. The summed E-state index contributed by atoms with van der Waals surface area (Å²) < 4.78 is 0. The van der Waals surface area contributed by atoms with Crippen molar-refractivity contribution in [2.45, 2.75) is 24.9 Å². The first-order valence-corrected chi connectivity index (χ1v) is 6.13. The van der Waals surface area contributed by atoms with Crippen LogP contribution in [-0.4, -0.2) is 35.0 Å².